The lowest BCUT2D eigenvalue weighted by Crippen LogP contribution is -2.36. The Morgan fingerprint density at radius 2 is 1.82 bits per heavy atom. The van der Waals surface area contributed by atoms with Crippen LogP contribution in [0.2, 0.25) is 0 Å². The van der Waals surface area contributed by atoms with Crippen LogP contribution in [0.3, 0.4) is 0 Å². The number of carbonyl (C=O) groups is 2. The summed E-state index contributed by atoms with van der Waals surface area (Å²) in [4.78, 5) is 26.8. The fraction of sp³-hybridized carbons (Fsp3) is 0.222. The first kappa shape index (κ1) is 14.3. The maximum Gasteiger partial charge on any atom is 0.258 e. The van der Waals surface area contributed by atoms with E-state index in [2.05, 4.69) is 5.32 Å². The van der Waals surface area contributed by atoms with Crippen molar-refractivity contribution >= 4 is 23.2 Å². The molecule has 2 aromatic carbocycles. The molecule has 1 atom stereocenters. The van der Waals surface area contributed by atoms with Crippen molar-refractivity contribution < 1.29 is 9.59 Å². The Morgan fingerprint density at radius 1 is 1.14 bits per heavy atom. The zero-order valence-corrected chi connectivity index (χ0v) is 12.7. The normalized spacial score (nSPS) is 17.5. The lowest BCUT2D eigenvalue weighted by molar-refractivity contribution is -0.119. The van der Waals surface area contributed by atoms with Crippen molar-refractivity contribution in [2.45, 2.75) is 13.8 Å². The van der Waals surface area contributed by atoms with E-state index in [-0.39, 0.29) is 17.7 Å². The van der Waals surface area contributed by atoms with Crippen molar-refractivity contribution in [1.29, 1.82) is 0 Å². The van der Waals surface area contributed by atoms with E-state index in [9.17, 15) is 9.59 Å². The van der Waals surface area contributed by atoms with Crippen LogP contribution in [-0.2, 0) is 4.79 Å². The number of carbonyl (C=O) groups excluding carboxylic acids is 2. The van der Waals surface area contributed by atoms with Crippen molar-refractivity contribution in [3.63, 3.8) is 0 Å². The van der Waals surface area contributed by atoms with Crippen molar-refractivity contribution in [3.05, 3.63) is 59.7 Å². The molecule has 22 heavy (non-hydrogen) atoms. The Labute approximate surface area is 129 Å². The molecule has 1 aliphatic heterocycles. The second-order valence-electron chi connectivity index (χ2n) is 5.64. The van der Waals surface area contributed by atoms with Gasteiger partial charge in [-0.1, -0.05) is 37.3 Å². The topological polar surface area (TPSA) is 49.4 Å². The summed E-state index contributed by atoms with van der Waals surface area (Å²) in [5.41, 5.74) is 3.02. The summed E-state index contributed by atoms with van der Waals surface area (Å²) in [5, 5.41) is 2.89. The Bertz CT molecular complexity index is 739. The Balaban J connectivity index is 2.07. The standard InChI is InChI=1S/C18H18N2O2/c1-12-7-3-4-8-14(12)18(22)20-11-13(2)17(21)19-15-9-5-6-10-16(15)20/h3-10,13H,11H2,1-2H3,(H,19,21)/t13-/m1/s1. The molecule has 0 spiro atoms. The zero-order chi connectivity index (χ0) is 15.7. The lowest BCUT2D eigenvalue weighted by Gasteiger charge is -2.24. The second kappa shape index (κ2) is 5.64. The first-order valence-corrected chi connectivity index (χ1v) is 7.35. The van der Waals surface area contributed by atoms with E-state index < -0.39 is 0 Å². The van der Waals surface area contributed by atoms with E-state index in [0.717, 1.165) is 11.3 Å². The third kappa shape index (κ3) is 2.48. The van der Waals surface area contributed by atoms with E-state index in [4.69, 9.17) is 0 Å². The second-order valence-corrected chi connectivity index (χ2v) is 5.64. The Morgan fingerprint density at radius 3 is 2.59 bits per heavy atom. The van der Waals surface area contributed by atoms with Gasteiger partial charge in [-0.05, 0) is 30.7 Å². The van der Waals surface area contributed by atoms with Crippen LogP contribution < -0.4 is 10.2 Å². The van der Waals surface area contributed by atoms with Crippen LogP contribution >= 0.6 is 0 Å². The van der Waals surface area contributed by atoms with Gasteiger partial charge >= 0.3 is 0 Å². The summed E-state index contributed by atoms with van der Waals surface area (Å²) in [5.74, 6) is -0.401. The van der Waals surface area contributed by atoms with Gasteiger partial charge in [0.1, 0.15) is 0 Å². The molecule has 0 saturated carbocycles. The predicted octanol–water partition coefficient (Wildman–Crippen LogP) is 3.23. The van der Waals surface area contributed by atoms with E-state index >= 15 is 0 Å². The number of rotatable bonds is 1. The maximum atomic E-state index is 13.0. The van der Waals surface area contributed by atoms with Crippen molar-refractivity contribution in [3.8, 4) is 0 Å². The number of anilines is 2. The minimum Gasteiger partial charge on any atom is -0.324 e. The quantitative estimate of drug-likeness (QED) is 0.878. The number of nitrogens with zero attached hydrogens (tertiary/aromatic N) is 1. The van der Waals surface area contributed by atoms with Crippen molar-refractivity contribution in [2.24, 2.45) is 5.92 Å². The molecule has 1 heterocycles. The molecule has 1 N–H and O–H groups in total. The van der Waals surface area contributed by atoms with Crippen LogP contribution in [0.4, 0.5) is 11.4 Å². The average Bonchev–Trinajstić information content (AvgIpc) is 2.64. The van der Waals surface area contributed by atoms with Gasteiger partial charge in [-0.15, -0.1) is 0 Å². The molecule has 4 heteroatoms. The van der Waals surface area contributed by atoms with Gasteiger partial charge in [-0.2, -0.15) is 0 Å². The molecule has 3 rings (SSSR count). The molecule has 0 bridgehead atoms. The number of nitrogens with one attached hydrogen (secondary N) is 1. The number of para-hydroxylation sites is 2. The number of amides is 2. The summed E-state index contributed by atoms with van der Waals surface area (Å²) in [6.45, 7) is 4.12. The minimum atomic E-state index is -0.264. The van der Waals surface area contributed by atoms with Crippen LogP contribution in [0.5, 0.6) is 0 Å². The highest BCUT2D eigenvalue weighted by atomic mass is 16.2. The smallest absolute Gasteiger partial charge is 0.258 e. The van der Waals surface area contributed by atoms with Crippen molar-refractivity contribution in [2.75, 3.05) is 16.8 Å². The predicted molar refractivity (Wildman–Crippen MR) is 87.1 cm³/mol. The van der Waals surface area contributed by atoms with Gasteiger partial charge in [0.15, 0.2) is 0 Å². The fourth-order valence-electron chi connectivity index (χ4n) is 2.68. The third-order valence-corrected chi connectivity index (χ3v) is 3.98. The molecule has 0 radical (unpaired) electrons. The summed E-state index contributed by atoms with van der Waals surface area (Å²) in [6, 6.07) is 14.9. The summed E-state index contributed by atoms with van der Waals surface area (Å²) in [7, 11) is 0. The van der Waals surface area contributed by atoms with E-state index in [0.29, 0.717) is 17.8 Å². The lowest BCUT2D eigenvalue weighted by atomic mass is 10.1. The molecule has 0 fully saturated rings. The van der Waals surface area contributed by atoms with Crippen LogP contribution in [0, 0.1) is 12.8 Å². The summed E-state index contributed by atoms with van der Waals surface area (Å²) in [6.07, 6.45) is 0. The van der Waals surface area contributed by atoms with Crippen LogP contribution in [0.15, 0.2) is 48.5 Å². The molecule has 1 aliphatic rings. The molecule has 0 unspecified atom stereocenters. The molecule has 112 valence electrons. The highest BCUT2D eigenvalue weighted by Gasteiger charge is 2.29. The van der Waals surface area contributed by atoms with E-state index in [1.807, 2.05) is 62.4 Å². The fourth-order valence-corrected chi connectivity index (χ4v) is 2.68. The van der Waals surface area contributed by atoms with Crippen LogP contribution in [-0.4, -0.2) is 18.4 Å². The molecule has 2 amide bonds. The highest BCUT2D eigenvalue weighted by Crippen LogP contribution is 2.31. The molecular weight excluding hydrogens is 276 g/mol. The SMILES string of the molecule is Cc1ccccc1C(=O)N1C[C@@H](C)C(=O)Nc2ccccc21. The Hall–Kier alpha value is -2.62. The number of hydrogen-bond donors (Lipinski definition) is 1. The summed E-state index contributed by atoms with van der Waals surface area (Å²) >= 11 is 0. The molecule has 2 aromatic rings. The molecule has 4 nitrogen and oxygen atoms in total. The van der Waals surface area contributed by atoms with Gasteiger partial charge in [-0.3, -0.25) is 9.59 Å². The van der Waals surface area contributed by atoms with E-state index in [1.165, 1.54) is 0 Å². The molecule has 0 aromatic heterocycles. The number of aryl methyl sites for hydroxylation is 1. The van der Waals surface area contributed by atoms with Gasteiger partial charge in [0.05, 0.1) is 17.3 Å². The van der Waals surface area contributed by atoms with Gasteiger partial charge in [0, 0.05) is 12.1 Å². The number of fused-ring (bicyclic) bond motifs is 1. The van der Waals surface area contributed by atoms with Gasteiger partial charge in [-0.25, -0.2) is 0 Å². The van der Waals surface area contributed by atoms with Crippen LogP contribution in [0.25, 0.3) is 0 Å². The van der Waals surface area contributed by atoms with Crippen molar-refractivity contribution in [1.82, 2.24) is 0 Å². The number of benzene rings is 2. The minimum absolute atomic E-state index is 0.0625. The molecule has 0 aliphatic carbocycles. The van der Waals surface area contributed by atoms with Crippen LogP contribution in [0.1, 0.15) is 22.8 Å². The monoisotopic (exact) mass is 294 g/mol. The zero-order valence-electron chi connectivity index (χ0n) is 12.7. The molecule has 0 saturated heterocycles. The average molecular weight is 294 g/mol. The first-order chi connectivity index (χ1) is 10.6. The first-order valence-electron chi connectivity index (χ1n) is 7.35. The number of hydrogen-bond acceptors (Lipinski definition) is 2. The van der Waals surface area contributed by atoms with Gasteiger partial charge in [0.2, 0.25) is 5.91 Å². The van der Waals surface area contributed by atoms with Gasteiger partial charge < -0.3 is 10.2 Å². The largest absolute Gasteiger partial charge is 0.324 e. The maximum absolute atomic E-state index is 13.0. The Kier molecular flexibility index (Phi) is 3.67. The molecular formula is C18H18N2O2. The van der Waals surface area contributed by atoms with E-state index in [1.54, 1.807) is 4.90 Å². The highest BCUT2D eigenvalue weighted by molar-refractivity contribution is 6.11. The van der Waals surface area contributed by atoms with Gasteiger partial charge in [0.25, 0.3) is 5.91 Å². The third-order valence-electron chi connectivity index (χ3n) is 3.98. The summed E-state index contributed by atoms with van der Waals surface area (Å²) < 4.78 is 0.